The lowest BCUT2D eigenvalue weighted by atomic mass is 9.88. The predicted molar refractivity (Wildman–Crippen MR) is 78.9 cm³/mol. The molecule has 1 unspecified atom stereocenters. The molecule has 2 aromatic carbocycles. The first-order valence-corrected chi connectivity index (χ1v) is 7.03. The Hall–Kier alpha value is -2.00. The Morgan fingerprint density at radius 3 is 2.45 bits per heavy atom. The summed E-state index contributed by atoms with van der Waals surface area (Å²) >= 11 is 0. The summed E-state index contributed by atoms with van der Waals surface area (Å²) in [5, 5.41) is 22.7. The van der Waals surface area contributed by atoms with E-state index in [1.54, 1.807) is 12.1 Å². The largest absolute Gasteiger partial charge is 0.504 e. The number of benzene rings is 2. The number of aromatic hydroxyl groups is 2. The normalized spacial score (nSPS) is 17.7. The molecule has 2 aromatic rings. The Bertz CT molecular complexity index is 595. The van der Waals surface area contributed by atoms with E-state index in [4.69, 9.17) is 0 Å². The van der Waals surface area contributed by atoms with Crippen molar-refractivity contribution in [3.05, 3.63) is 59.2 Å². The van der Waals surface area contributed by atoms with Gasteiger partial charge < -0.3 is 15.5 Å². The average Bonchev–Trinajstić information content (AvgIpc) is 2.47. The summed E-state index contributed by atoms with van der Waals surface area (Å²) in [6.45, 7) is 0.866. The van der Waals surface area contributed by atoms with Crippen LogP contribution in [0.2, 0.25) is 0 Å². The first-order chi connectivity index (χ1) is 9.72. The molecular formula is C17H19NO2. The van der Waals surface area contributed by atoms with Crippen molar-refractivity contribution in [2.75, 3.05) is 0 Å². The molecule has 0 fully saturated rings. The number of hydrogen-bond acceptors (Lipinski definition) is 3. The SMILES string of the molecule is Oc1cc2c(cc1O)CC(NCc1ccccc1)CC2. The van der Waals surface area contributed by atoms with Crippen molar-refractivity contribution in [2.24, 2.45) is 0 Å². The summed E-state index contributed by atoms with van der Waals surface area (Å²) in [6, 6.07) is 14.2. The zero-order valence-corrected chi connectivity index (χ0v) is 11.3. The molecule has 20 heavy (non-hydrogen) atoms. The molecular weight excluding hydrogens is 250 g/mol. The predicted octanol–water partition coefficient (Wildman–Crippen LogP) is 2.74. The first kappa shape index (κ1) is 13.0. The van der Waals surface area contributed by atoms with E-state index in [1.807, 2.05) is 18.2 Å². The number of nitrogens with one attached hydrogen (secondary N) is 1. The third-order valence-electron chi connectivity index (χ3n) is 3.96. The Morgan fingerprint density at radius 2 is 1.70 bits per heavy atom. The van der Waals surface area contributed by atoms with Gasteiger partial charge in [-0.05, 0) is 48.1 Å². The number of fused-ring (bicyclic) bond motifs is 1. The number of phenolic OH excluding ortho intramolecular Hbond substituents is 2. The molecule has 0 spiro atoms. The number of hydrogen-bond donors (Lipinski definition) is 3. The topological polar surface area (TPSA) is 52.5 Å². The van der Waals surface area contributed by atoms with Crippen molar-refractivity contribution in [3.63, 3.8) is 0 Å². The van der Waals surface area contributed by atoms with Crippen molar-refractivity contribution in [2.45, 2.75) is 31.8 Å². The summed E-state index contributed by atoms with van der Waals surface area (Å²) < 4.78 is 0. The monoisotopic (exact) mass is 269 g/mol. The van der Waals surface area contributed by atoms with E-state index in [0.717, 1.165) is 36.9 Å². The molecule has 1 aliphatic rings. The van der Waals surface area contributed by atoms with Gasteiger partial charge in [-0.3, -0.25) is 0 Å². The molecule has 0 aromatic heterocycles. The van der Waals surface area contributed by atoms with Gasteiger partial charge in [0.2, 0.25) is 0 Å². The zero-order chi connectivity index (χ0) is 13.9. The van der Waals surface area contributed by atoms with E-state index in [9.17, 15) is 10.2 Å². The van der Waals surface area contributed by atoms with Gasteiger partial charge in [-0.1, -0.05) is 30.3 Å². The fraction of sp³-hybridized carbons (Fsp3) is 0.294. The van der Waals surface area contributed by atoms with Gasteiger partial charge in [-0.2, -0.15) is 0 Å². The summed E-state index contributed by atoms with van der Waals surface area (Å²) in [7, 11) is 0. The highest BCUT2D eigenvalue weighted by molar-refractivity contribution is 5.46. The first-order valence-electron chi connectivity index (χ1n) is 7.03. The summed E-state index contributed by atoms with van der Waals surface area (Å²) in [5.74, 6) is -0.0353. The molecule has 3 N–H and O–H groups in total. The molecule has 3 heteroatoms. The van der Waals surface area contributed by atoms with Crippen LogP contribution in [0.5, 0.6) is 11.5 Å². The van der Waals surface area contributed by atoms with E-state index in [-0.39, 0.29) is 11.5 Å². The van der Waals surface area contributed by atoms with Gasteiger partial charge in [0.15, 0.2) is 11.5 Å². The standard InChI is InChI=1S/C17H19NO2/c19-16-9-13-6-7-15(8-14(13)10-17(16)20)18-11-12-4-2-1-3-5-12/h1-5,9-10,15,18-20H,6-8,11H2. The van der Waals surface area contributed by atoms with Gasteiger partial charge in [0.1, 0.15) is 0 Å². The molecule has 3 rings (SSSR count). The number of phenols is 2. The lowest BCUT2D eigenvalue weighted by Crippen LogP contribution is -2.34. The van der Waals surface area contributed by atoms with Crippen LogP contribution in [0.15, 0.2) is 42.5 Å². The molecule has 104 valence electrons. The van der Waals surface area contributed by atoms with E-state index < -0.39 is 0 Å². The molecule has 3 nitrogen and oxygen atoms in total. The molecule has 0 bridgehead atoms. The average molecular weight is 269 g/mol. The minimum atomic E-state index is -0.0209. The fourth-order valence-electron chi connectivity index (χ4n) is 2.82. The van der Waals surface area contributed by atoms with Gasteiger partial charge in [-0.25, -0.2) is 0 Å². The maximum absolute atomic E-state index is 9.60. The van der Waals surface area contributed by atoms with Crippen LogP contribution in [0.4, 0.5) is 0 Å². The molecule has 0 amide bonds. The highest BCUT2D eigenvalue weighted by Gasteiger charge is 2.19. The highest BCUT2D eigenvalue weighted by atomic mass is 16.3. The third kappa shape index (κ3) is 2.78. The Morgan fingerprint density at radius 1 is 1.00 bits per heavy atom. The van der Waals surface area contributed by atoms with Gasteiger partial charge >= 0.3 is 0 Å². The Balaban J connectivity index is 1.65. The molecule has 0 aliphatic heterocycles. The van der Waals surface area contributed by atoms with Crippen LogP contribution in [0, 0.1) is 0 Å². The quantitative estimate of drug-likeness (QED) is 0.751. The van der Waals surface area contributed by atoms with E-state index in [0.29, 0.717) is 6.04 Å². The van der Waals surface area contributed by atoms with Gasteiger partial charge in [0.25, 0.3) is 0 Å². The van der Waals surface area contributed by atoms with E-state index in [1.165, 1.54) is 5.56 Å². The van der Waals surface area contributed by atoms with Crippen LogP contribution in [0.25, 0.3) is 0 Å². The van der Waals surface area contributed by atoms with Gasteiger partial charge in [-0.15, -0.1) is 0 Å². The summed E-state index contributed by atoms with van der Waals surface area (Å²) in [6.07, 6.45) is 2.90. The number of aryl methyl sites for hydroxylation is 1. The van der Waals surface area contributed by atoms with Crippen LogP contribution in [-0.2, 0) is 19.4 Å². The zero-order valence-electron chi connectivity index (χ0n) is 11.3. The molecule has 1 atom stereocenters. The lowest BCUT2D eigenvalue weighted by Gasteiger charge is -2.26. The van der Waals surface area contributed by atoms with Crippen LogP contribution in [-0.4, -0.2) is 16.3 Å². The van der Waals surface area contributed by atoms with Crippen molar-refractivity contribution < 1.29 is 10.2 Å². The molecule has 0 radical (unpaired) electrons. The van der Waals surface area contributed by atoms with Crippen molar-refractivity contribution >= 4 is 0 Å². The second kappa shape index (κ2) is 5.55. The van der Waals surface area contributed by atoms with Crippen LogP contribution in [0.1, 0.15) is 23.1 Å². The maximum atomic E-state index is 9.60. The molecule has 0 saturated heterocycles. The Kier molecular flexibility index (Phi) is 3.61. The van der Waals surface area contributed by atoms with Crippen LogP contribution < -0.4 is 5.32 Å². The molecule has 0 heterocycles. The van der Waals surface area contributed by atoms with Crippen LogP contribution in [0.3, 0.4) is 0 Å². The second-order valence-corrected chi connectivity index (χ2v) is 5.42. The van der Waals surface area contributed by atoms with Gasteiger partial charge in [0.05, 0.1) is 0 Å². The highest BCUT2D eigenvalue weighted by Crippen LogP contribution is 2.32. The van der Waals surface area contributed by atoms with Crippen molar-refractivity contribution in [1.29, 1.82) is 0 Å². The van der Waals surface area contributed by atoms with E-state index in [2.05, 4.69) is 17.4 Å². The third-order valence-corrected chi connectivity index (χ3v) is 3.96. The van der Waals surface area contributed by atoms with E-state index >= 15 is 0 Å². The minimum Gasteiger partial charge on any atom is -0.504 e. The summed E-state index contributed by atoms with van der Waals surface area (Å²) in [5.41, 5.74) is 3.57. The van der Waals surface area contributed by atoms with Crippen LogP contribution >= 0.6 is 0 Å². The smallest absolute Gasteiger partial charge is 0.157 e. The maximum Gasteiger partial charge on any atom is 0.157 e. The minimum absolute atomic E-state index is 0.0144. The van der Waals surface area contributed by atoms with Crippen molar-refractivity contribution in [3.8, 4) is 11.5 Å². The van der Waals surface area contributed by atoms with Crippen molar-refractivity contribution in [1.82, 2.24) is 5.32 Å². The second-order valence-electron chi connectivity index (χ2n) is 5.42. The number of rotatable bonds is 3. The lowest BCUT2D eigenvalue weighted by molar-refractivity contribution is 0.398. The Labute approximate surface area is 118 Å². The molecule has 1 aliphatic carbocycles. The summed E-state index contributed by atoms with van der Waals surface area (Å²) in [4.78, 5) is 0. The molecule has 0 saturated carbocycles. The fourth-order valence-corrected chi connectivity index (χ4v) is 2.82. The van der Waals surface area contributed by atoms with Gasteiger partial charge in [0, 0.05) is 12.6 Å².